The van der Waals surface area contributed by atoms with Gasteiger partial charge in [0.1, 0.15) is 5.69 Å². The number of rotatable bonds is 4. The van der Waals surface area contributed by atoms with Crippen LogP contribution in [0.25, 0.3) is 11.3 Å². The van der Waals surface area contributed by atoms with E-state index in [0.717, 1.165) is 12.0 Å². The second-order valence-electron chi connectivity index (χ2n) is 3.93. The number of aromatic nitrogens is 3. The van der Waals surface area contributed by atoms with Crippen LogP contribution >= 0.6 is 0 Å². The summed E-state index contributed by atoms with van der Waals surface area (Å²) in [6.45, 7) is 1.97. The van der Waals surface area contributed by atoms with E-state index < -0.39 is 5.91 Å². The third-order valence-electron chi connectivity index (χ3n) is 2.80. The number of methoxy groups -OCH3 is 1. The Kier molecular flexibility index (Phi) is 3.37. The fourth-order valence-electron chi connectivity index (χ4n) is 1.80. The molecule has 2 rings (SSSR count). The highest BCUT2D eigenvalue weighted by atomic mass is 16.5. The Morgan fingerprint density at radius 2 is 2.21 bits per heavy atom. The maximum Gasteiger partial charge on any atom is 0.271 e. The third kappa shape index (κ3) is 2.22. The lowest BCUT2D eigenvalue weighted by Gasteiger charge is -2.10. The average molecular weight is 262 g/mol. The van der Waals surface area contributed by atoms with E-state index in [0.29, 0.717) is 11.3 Å². The van der Waals surface area contributed by atoms with E-state index >= 15 is 0 Å². The number of hydrogen-bond donors (Lipinski definition) is 3. The SMILES string of the molecule is CCc1cc(OC)c(O)c(-c2n[nH]nc2C(N)=O)c1. The molecule has 0 bridgehead atoms. The van der Waals surface area contributed by atoms with Crippen molar-refractivity contribution < 1.29 is 14.6 Å². The van der Waals surface area contributed by atoms with Gasteiger partial charge in [-0.2, -0.15) is 15.4 Å². The van der Waals surface area contributed by atoms with Gasteiger partial charge < -0.3 is 15.6 Å². The maximum atomic E-state index is 11.3. The molecule has 0 spiro atoms. The Labute approximate surface area is 109 Å². The van der Waals surface area contributed by atoms with Gasteiger partial charge in [0.25, 0.3) is 5.91 Å². The van der Waals surface area contributed by atoms with E-state index in [1.807, 2.05) is 6.92 Å². The molecule has 0 fully saturated rings. The van der Waals surface area contributed by atoms with E-state index in [1.165, 1.54) is 7.11 Å². The number of aromatic amines is 1. The fraction of sp³-hybridized carbons (Fsp3) is 0.250. The zero-order valence-corrected chi connectivity index (χ0v) is 10.6. The van der Waals surface area contributed by atoms with Crippen LogP contribution in [0.5, 0.6) is 11.5 Å². The summed E-state index contributed by atoms with van der Waals surface area (Å²) < 4.78 is 5.10. The largest absolute Gasteiger partial charge is 0.504 e. The molecule has 0 aliphatic carbocycles. The molecule has 1 aromatic heterocycles. The molecule has 1 aromatic carbocycles. The van der Waals surface area contributed by atoms with Gasteiger partial charge >= 0.3 is 0 Å². The predicted molar refractivity (Wildman–Crippen MR) is 67.9 cm³/mol. The number of hydrogen-bond acceptors (Lipinski definition) is 5. The summed E-state index contributed by atoms with van der Waals surface area (Å²) in [5.41, 5.74) is 6.69. The summed E-state index contributed by atoms with van der Waals surface area (Å²) in [5, 5.41) is 20.0. The van der Waals surface area contributed by atoms with Crippen LogP contribution in [-0.4, -0.2) is 33.5 Å². The highest BCUT2D eigenvalue weighted by Gasteiger charge is 2.20. The number of carbonyl (C=O) groups excluding carboxylic acids is 1. The van der Waals surface area contributed by atoms with Crippen molar-refractivity contribution in [2.75, 3.05) is 7.11 Å². The highest BCUT2D eigenvalue weighted by molar-refractivity contribution is 5.97. The molecule has 0 aliphatic heterocycles. The zero-order valence-electron chi connectivity index (χ0n) is 10.6. The van der Waals surface area contributed by atoms with E-state index in [2.05, 4.69) is 15.4 Å². The zero-order chi connectivity index (χ0) is 14.0. The first kappa shape index (κ1) is 12.9. The predicted octanol–water partition coefficient (Wildman–Crippen LogP) is 0.847. The molecule has 1 amide bonds. The van der Waals surface area contributed by atoms with Crippen molar-refractivity contribution in [3.63, 3.8) is 0 Å². The summed E-state index contributed by atoms with van der Waals surface area (Å²) in [5.74, 6) is -0.507. The quantitative estimate of drug-likeness (QED) is 0.755. The van der Waals surface area contributed by atoms with Crippen molar-refractivity contribution in [2.45, 2.75) is 13.3 Å². The van der Waals surface area contributed by atoms with Crippen molar-refractivity contribution in [1.29, 1.82) is 0 Å². The summed E-state index contributed by atoms with van der Waals surface area (Å²) in [6.07, 6.45) is 0.743. The van der Waals surface area contributed by atoms with Gasteiger partial charge in [0.2, 0.25) is 0 Å². The summed E-state index contributed by atoms with van der Waals surface area (Å²) in [6, 6.07) is 3.45. The number of phenolic OH excluding ortho intramolecular Hbond substituents is 1. The van der Waals surface area contributed by atoms with Gasteiger partial charge in [0, 0.05) is 0 Å². The number of benzene rings is 1. The minimum Gasteiger partial charge on any atom is -0.504 e. The van der Waals surface area contributed by atoms with Crippen molar-refractivity contribution in [2.24, 2.45) is 5.73 Å². The Morgan fingerprint density at radius 1 is 1.47 bits per heavy atom. The lowest BCUT2D eigenvalue weighted by atomic mass is 10.0. The van der Waals surface area contributed by atoms with Crippen LogP contribution in [0.3, 0.4) is 0 Å². The third-order valence-corrected chi connectivity index (χ3v) is 2.80. The minimum absolute atomic E-state index is 0.0226. The minimum atomic E-state index is -0.719. The highest BCUT2D eigenvalue weighted by Crippen LogP contribution is 2.38. The van der Waals surface area contributed by atoms with Gasteiger partial charge in [-0.3, -0.25) is 4.79 Å². The summed E-state index contributed by atoms with van der Waals surface area (Å²) >= 11 is 0. The Hall–Kier alpha value is -2.57. The number of carbonyl (C=O) groups is 1. The number of phenols is 1. The molecule has 19 heavy (non-hydrogen) atoms. The number of ether oxygens (including phenoxy) is 1. The van der Waals surface area contributed by atoms with Crippen LogP contribution in [0.2, 0.25) is 0 Å². The molecule has 0 saturated heterocycles. The first-order chi connectivity index (χ1) is 9.08. The molecular weight excluding hydrogens is 248 g/mol. The number of primary amides is 1. The maximum absolute atomic E-state index is 11.3. The van der Waals surface area contributed by atoms with Crippen LogP contribution in [-0.2, 0) is 6.42 Å². The lowest BCUT2D eigenvalue weighted by Crippen LogP contribution is -2.12. The second-order valence-corrected chi connectivity index (χ2v) is 3.93. The molecular formula is C12H14N4O3. The second kappa shape index (κ2) is 4.97. The van der Waals surface area contributed by atoms with Gasteiger partial charge in [-0.25, -0.2) is 0 Å². The molecule has 0 atom stereocenters. The van der Waals surface area contributed by atoms with Crippen LogP contribution < -0.4 is 10.5 Å². The standard InChI is InChI=1S/C12H14N4O3/c1-3-6-4-7(11(17)8(5-6)19-2)9-10(12(13)18)15-16-14-9/h4-5,17H,3H2,1-2H3,(H2,13,18)(H,14,15,16). The number of nitrogens with one attached hydrogen (secondary N) is 1. The molecule has 7 nitrogen and oxygen atoms in total. The molecule has 0 unspecified atom stereocenters. The van der Waals surface area contributed by atoms with Gasteiger partial charge in [-0.05, 0) is 24.1 Å². The van der Waals surface area contributed by atoms with E-state index in [-0.39, 0.29) is 17.1 Å². The van der Waals surface area contributed by atoms with E-state index in [1.54, 1.807) is 12.1 Å². The molecule has 1 heterocycles. The van der Waals surface area contributed by atoms with E-state index in [9.17, 15) is 9.90 Å². The monoisotopic (exact) mass is 262 g/mol. The van der Waals surface area contributed by atoms with Crippen molar-refractivity contribution in [3.05, 3.63) is 23.4 Å². The summed E-state index contributed by atoms with van der Waals surface area (Å²) in [7, 11) is 1.45. The number of aryl methyl sites for hydroxylation is 1. The lowest BCUT2D eigenvalue weighted by molar-refractivity contribution is 0.0996. The smallest absolute Gasteiger partial charge is 0.271 e. The number of nitrogens with two attached hydrogens (primary N) is 1. The van der Waals surface area contributed by atoms with Crippen LogP contribution in [0.15, 0.2) is 12.1 Å². The van der Waals surface area contributed by atoms with E-state index in [4.69, 9.17) is 10.5 Å². The topological polar surface area (TPSA) is 114 Å². The average Bonchev–Trinajstić information content (AvgIpc) is 2.88. The molecule has 0 radical (unpaired) electrons. The number of H-pyrrole nitrogens is 1. The Bertz CT molecular complexity index is 621. The first-order valence-corrected chi connectivity index (χ1v) is 5.69. The molecule has 0 saturated carbocycles. The summed E-state index contributed by atoms with van der Waals surface area (Å²) in [4.78, 5) is 11.3. The van der Waals surface area contributed by atoms with Crippen LogP contribution in [0.1, 0.15) is 23.0 Å². The van der Waals surface area contributed by atoms with Crippen LogP contribution in [0, 0.1) is 0 Å². The van der Waals surface area contributed by atoms with Gasteiger partial charge in [-0.1, -0.05) is 6.92 Å². The Balaban J connectivity index is 2.67. The number of amides is 1. The molecule has 0 aliphatic rings. The fourth-order valence-corrected chi connectivity index (χ4v) is 1.80. The first-order valence-electron chi connectivity index (χ1n) is 5.69. The number of aromatic hydroxyl groups is 1. The molecule has 100 valence electrons. The number of nitrogens with zero attached hydrogens (tertiary/aromatic N) is 2. The van der Waals surface area contributed by atoms with Gasteiger partial charge in [-0.15, -0.1) is 0 Å². The normalized spacial score (nSPS) is 10.4. The molecule has 2 aromatic rings. The van der Waals surface area contributed by atoms with Crippen molar-refractivity contribution >= 4 is 5.91 Å². The molecule has 7 heteroatoms. The molecule has 4 N–H and O–H groups in total. The van der Waals surface area contributed by atoms with Gasteiger partial charge in [0.05, 0.1) is 12.7 Å². The van der Waals surface area contributed by atoms with Gasteiger partial charge in [0.15, 0.2) is 17.2 Å². The Morgan fingerprint density at radius 3 is 2.79 bits per heavy atom. The van der Waals surface area contributed by atoms with Crippen molar-refractivity contribution in [3.8, 4) is 22.8 Å². The van der Waals surface area contributed by atoms with Crippen LogP contribution in [0.4, 0.5) is 0 Å². The van der Waals surface area contributed by atoms with Crippen molar-refractivity contribution in [1.82, 2.24) is 15.4 Å².